The lowest BCUT2D eigenvalue weighted by atomic mass is 10.0. The van der Waals surface area contributed by atoms with E-state index < -0.39 is 0 Å². The van der Waals surface area contributed by atoms with E-state index in [0.29, 0.717) is 4.77 Å². The summed E-state index contributed by atoms with van der Waals surface area (Å²) in [5.74, 6) is 0. The molecule has 0 fully saturated rings. The molecule has 0 radical (unpaired) electrons. The standard InChI is InChI=1S/C17H14N4S/c1-10-7-8-12(9-11(10)2)15-13-5-3-4-6-14(13)16-18-19-17(22)21(16)20-15/h3-9H,1-2H3,(H,19,22). The van der Waals surface area contributed by atoms with Crippen LogP contribution in [0.25, 0.3) is 27.7 Å². The minimum atomic E-state index is 0.505. The molecule has 0 saturated heterocycles. The smallest absolute Gasteiger partial charge is 0.216 e. The second-order valence-corrected chi connectivity index (χ2v) is 5.84. The lowest BCUT2D eigenvalue weighted by Crippen LogP contribution is -1.98. The zero-order valence-corrected chi connectivity index (χ0v) is 13.1. The van der Waals surface area contributed by atoms with Gasteiger partial charge in [-0.2, -0.15) is 14.7 Å². The van der Waals surface area contributed by atoms with Crippen LogP contribution in [-0.2, 0) is 0 Å². The fourth-order valence-electron chi connectivity index (χ4n) is 2.70. The Balaban J connectivity index is 2.16. The Morgan fingerprint density at radius 3 is 2.55 bits per heavy atom. The van der Waals surface area contributed by atoms with Gasteiger partial charge in [0, 0.05) is 16.3 Å². The molecular weight excluding hydrogens is 292 g/mol. The Morgan fingerprint density at radius 1 is 1.00 bits per heavy atom. The van der Waals surface area contributed by atoms with Crippen LogP contribution >= 0.6 is 12.2 Å². The van der Waals surface area contributed by atoms with Crippen LogP contribution in [0, 0.1) is 18.6 Å². The third kappa shape index (κ3) is 1.86. The molecule has 0 amide bonds. The molecule has 0 unspecified atom stereocenters. The number of nitrogens with one attached hydrogen (secondary N) is 1. The molecule has 0 spiro atoms. The van der Waals surface area contributed by atoms with E-state index in [1.54, 1.807) is 4.52 Å². The Morgan fingerprint density at radius 2 is 1.77 bits per heavy atom. The lowest BCUT2D eigenvalue weighted by molar-refractivity contribution is 0.923. The van der Waals surface area contributed by atoms with Gasteiger partial charge in [-0.25, -0.2) is 5.10 Å². The van der Waals surface area contributed by atoms with Crippen molar-refractivity contribution in [2.45, 2.75) is 13.8 Å². The van der Waals surface area contributed by atoms with E-state index in [4.69, 9.17) is 17.3 Å². The summed E-state index contributed by atoms with van der Waals surface area (Å²) in [4.78, 5) is 0. The molecule has 0 aliphatic rings. The van der Waals surface area contributed by atoms with Gasteiger partial charge in [0.15, 0.2) is 5.65 Å². The highest BCUT2D eigenvalue weighted by atomic mass is 32.1. The lowest BCUT2D eigenvalue weighted by Gasteiger charge is -2.09. The average molecular weight is 306 g/mol. The van der Waals surface area contributed by atoms with Crippen LogP contribution in [-0.4, -0.2) is 19.8 Å². The van der Waals surface area contributed by atoms with E-state index in [1.807, 2.05) is 18.2 Å². The molecule has 4 aromatic rings. The number of rotatable bonds is 1. The van der Waals surface area contributed by atoms with E-state index in [2.05, 4.69) is 48.3 Å². The van der Waals surface area contributed by atoms with Crippen LogP contribution in [0.2, 0.25) is 0 Å². The SMILES string of the molecule is Cc1ccc(-c2nn3c(=S)[nH]nc3c3ccccc23)cc1C. The number of hydrogen-bond donors (Lipinski definition) is 1. The number of fused-ring (bicyclic) bond motifs is 3. The molecule has 2 aromatic carbocycles. The third-order valence-corrected chi connectivity index (χ3v) is 4.32. The van der Waals surface area contributed by atoms with E-state index in [9.17, 15) is 0 Å². The summed E-state index contributed by atoms with van der Waals surface area (Å²) in [6.07, 6.45) is 0. The van der Waals surface area contributed by atoms with Crippen LogP contribution in [0.4, 0.5) is 0 Å². The first-order valence-corrected chi connectivity index (χ1v) is 7.50. The first-order chi connectivity index (χ1) is 10.6. The van der Waals surface area contributed by atoms with Gasteiger partial charge in [0.25, 0.3) is 0 Å². The first kappa shape index (κ1) is 13.2. The summed E-state index contributed by atoms with van der Waals surface area (Å²) < 4.78 is 2.20. The highest BCUT2D eigenvalue weighted by molar-refractivity contribution is 7.71. The highest BCUT2D eigenvalue weighted by Gasteiger charge is 2.12. The number of nitrogens with zero attached hydrogens (tertiary/aromatic N) is 3. The van der Waals surface area contributed by atoms with Crippen molar-refractivity contribution in [3.8, 4) is 11.3 Å². The van der Waals surface area contributed by atoms with Gasteiger partial charge in [0.1, 0.15) is 0 Å². The van der Waals surface area contributed by atoms with Crippen molar-refractivity contribution in [2.75, 3.05) is 0 Å². The van der Waals surface area contributed by atoms with Crippen molar-refractivity contribution in [3.05, 3.63) is 58.4 Å². The Hall–Kier alpha value is -2.53. The summed E-state index contributed by atoms with van der Waals surface area (Å²) in [5.41, 5.74) is 5.29. The molecule has 2 heterocycles. The molecule has 1 N–H and O–H groups in total. The van der Waals surface area contributed by atoms with Crippen LogP contribution in [0.1, 0.15) is 11.1 Å². The fourth-order valence-corrected chi connectivity index (χ4v) is 2.87. The van der Waals surface area contributed by atoms with Crippen LogP contribution < -0.4 is 0 Å². The molecular formula is C17H14N4S. The Kier molecular flexibility index (Phi) is 2.84. The van der Waals surface area contributed by atoms with Gasteiger partial charge >= 0.3 is 0 Å². The zero-order chi connectivity index (χ0) is 15.3. The van der Waals surface area contributed by atoms with E-state index in [1.165, 1.54) is 11.1 Å². The summed E-state index contributed by atoms with van der Waals surface area (Å²) in [6.45, 7) is 4.23. The highest BCUT2D eigenvalue weighted by Crippen LogP contribution is 2.29. The van der Waals surface area contributed by atoms with Crippen LogP contribution in [0.15, 0.2) is 42.5 Å². The van der Waals surface area contributed by atoms with Gasteiger partial charge in [-0.15, -0.1) is 0 Å². The van der Waals surface area contributed by atoms with E-state index in [-0.39, 0.29) is 0 Å². The van der Waals surface area contributed by atoms with E-state index >= 15 is 0 Å². The topological polar surface area (TPSA) is 46.0 Å². The Labute approximate surface area is 132 Å². The van der Waals surface area contributed by atoms with Crippen molar-refractivity contribution in [1.29, 1.82) is 0 Å². The maximum absolute atomic E-state index is 5.29. The van der Waals surface area contributed by atoms with Gasteiger partial charge in [0.05, 0.1) is 5.69 Å². The summed E-state index contributed by atoms with van der Waals surface area (Å²) >= 11 is 5.29. The second-order valence-electron chi connectivity index (χ2n) is 5.46. The molecule has 108 valence electrons. The van der Waals surface area contributed by atoms with Gasteiger partial charge in [-0.1, -0.05) is 36.4 Å². The molecule has 0 atom stereocenters. The number of hydrogen-bond acceptors (Lipinski definition) is 3. The normalized spacial score (nSPS) is 11.4. The predicted octanol–water partition coefficient (Wildman–Crippen LogP) is 4.22. The van der Waals surface area contributed by atoms with Crippen LogP contribution in [0.3, 0.4) is 0 Å². The van der Waals surface area contributed by atoms with Crippen molar-refractivity contribution in [3.63, 3.8) is 0 Å². The second kappa shape index (κ2) is 4.74. The summed E-state index contributed by atoms with van der Waals surface area (Å²) in [6, 6.07) is 14.5. The summed E-state index contributed by atoms with van der Waals surface area (Å²) in [5, 5.41) is 14.0. The third-order valence-electron chi connectivity index (χ3n) is 4.05. The number of aromatic amines is 1. The number of aryl methyl sites for hydroxylation is 2. The number of H-pyrrole nitrogens is 1. The maximum atomic E-state index is 5.29. The largest absolute Gasteiger partial charge is 0.250 e. The molecule has 4 nitrogen and oxygen atoms in total. The van der Waals surface area contributed by atoms with Crippen molar-refractivity contribution in [2.24, 2.45) is 0 Å². The molecule has 0 aliphatic heterocycles. The quantitative estimate of drug-likeness (QED) is 0.535. The average Bonchev–Trinajstić information content (AvgIpc) is 2.91. The van der Waals surface area contributed by atoms with Crippen molar-refractivity contribution < 1.29 is 0 Å². The molecule has 22 heavy (non-hydrogen) atoms. The molecule has 0 bridgehead atoms. The maximum Gasteiger partial charge on any atom is 0.216 e. The number of aromatic nitrogens is 4. The van der Waals surface area contributed by atoms with Gasteiger partial charge in [-0.3, -0.25) is 0 Å². The minimum Gasteiger partial charge on any atom is -0.250 e. The van der Waals surface area contributed by atoms with Gasteiger partial charge < -0.3 is 0 Å². The monoisotopic (exact) mass is 306 g/mol. The molecule has 2 aromatic heterocycles. The fraction of sp³-hybridized carbons (Fsp3) is 0.118. The van der Waals surface area contributed by atoms with Crippen LogP contribution in [0.5, 0.6) is 0 Å². The molecule has 4 rings (SSSR count). The first-order valence-electron chi connectivity index (χ1n) is 7.09. The van der Waals surface area contributed by atoms with Crippen molar-refractivity contribution >= 4 is 28.6 Å². The minimum absolute atomic E-state index is 0.505. The summed E-state index contributed by atoms with van der Waals surface area (Å²) in [7, 11) is 0. The zero-order valence-electron chi connectivity index (χ0n) is 12.3. The predicted molar refractivity (Wildman–Crippen MR) is 90.6 cm³/mol. The molecule has 0 aliphatic carbocycles. The van der Waals surface area contributed by atoms with Gasteiger partial charge in [-0.05, 0) is 43.3 Å². The molecule has 5 heteroatoms. The van der Waals surface area contributed by atoms with E-state index in [0.717, 1.165) is 27.7 Å². The number of benzene rings is 2. The van der Waals surface area contributed by atoms with Gasteiger partial charge in [0.2, 0.25) is 4.77 Å². The Bertz CT molecular complexity index is 1080. The molecule has 0 saturated carbocycles. The van der Waals surface area contributed by atoms with Crippen molar-refractivity contribution in [1.82, 2.24) is 19.8 Å².